The molecule has 1 atom stereocenters. The molecule has 0 aliphatic carbocycles. The summed E-state index contributed by atoms with van der Waals surface area (Å²) in [5.74, 6) is -0.430. The van der Waals surface area contributed by atoms with Gasteiger partial charge in [-0.25, -0.2) is 4.79 Å². The highest BCUT2D eigenvalue weighted by Gasteiger charge is 2.24. The van der Waals surface area contributed by atoms with E-state index in [1.807, 2.05) is 44.2 Å². The second kappa shape index (κ2) is 9.38. The Morgan fingerprint density at radius 1 is 1.12 bits per heavy atom. The number of methoxy groups -OCH3 is 1. The zero-order valence-electron chi connectivity index (χ0n) is 15.0. The Bertz CT molecular complexity index is 762. The van der Waals surface area contributed by atoms with Crippen molar-refractivity contribution in [2.45, 2.75) is 32.4 Å². The largest absolute Gasteiger partial charge is 0.490 e. The van der Waals surface area contributed by atoms with Crippen LogP contribution in [0.3, 0.4) is 0 Å². The van der Waals surface area contributed by atoms with Gasteiger partial charge >= 0.3 is 5.97 Å². The SMILES string of the molecule is COC(=O)C(Cc1ccccc1)NC(=O)c1cc(Br)ccc1OC(C)C. The van der Waals surface area contributed by atoms with Gasteiger partial charge in [0.25, 0.3) is 5.91 Å². The molecule has 1 N–H and O–H groups in total. The van der Waals surface area contributed by atoms with Crippen molar-refractivity contribution in [3.8, 4) is 5.75 Å². The van der Waals surface area contributed by atoms with Gasteiger partial charge in [-0.3, -0.25) is 4.79 Å². The summed E-state index contributed by atoms with van der Waals surface area (Å²) in [6, 6.07) is 13.9. The number of benzene rings is 2. The van der Waals surface area contributed by atoms with Crippen LogP contribution in [0, 0.1) is 0 Å². The number of carbonyl (C=O) groups is 2. The number of hydrogen-bond donors (Lipinski definition) is 1. The van der Waals surface area contributed by atoms with E-state index in [-0.39, 0.29) is 6.10 Å². The van der Waals surface area contributed by atoms with Crippen molar-refractivity contribution >= 4 is 27.8 Å². The number of carbonyl (C=O) groups excluding carboxylic acids is 2. The van der Waals surface area contributed by atoms with Crippen molar-refractivity contribution in [3.63, 3.8) is 0 Å². The van der Waals surface area contributed by atoms with Crippen LogP contribution in [-0.2, 0) is 16.0 Å². The van der Waals surface area contributed by atoms with E-state index < -0.39 is 17.9 Å². The number of esters is 1. The number of amides is 1. The third-order valence-corrected chi connectivity index (χ3v) is 4.12. The molecule has 2 aromatic carbocycles. The van der Waals surface area contributed by atoms with Crippen LogP contribution in [0.15, 0.2) is 53.0 Å². The lowest BCUT2D eigenvalue weighted by Gasteiger charge is -2.19. The van der Waals surface area contributed by atoms with Crippen LogP contribution in [0.5, 0.6) is 5.75 Å². The molecule has 0 aromatic heterocycles. The molecule has 0 spiro atoms. The van der Waals surface area contributed by atoms with Crippen LogP contribution < -0.4 is 10.1 Å². The van der Waals surface area contributed by atoms with Crippen LogP contribution in [0.4, 0.5) is 0 Å². The third-order valence-electron chi connectivity index (χ3n) is 3.62. The average molecular weight is 420 g/mol. The molecule has 6 heteroatoms. The standard InChI is InChI=1S/C20H22BrNO4/c1-13(2)26-18-10-9-15(21)12-16(18)19(23)22-17(20(24)25-3)11-14-7-5-4-6-8-14/h4-10,12-13,17H,11H2,1-3H3,(H,22,23). The number of nitrogens with one attached hydrogen (secondary N) is 1. The molecule has 0 saturated heterocycles. The molecule has 0 radical (unpaired) electrons. The Morgan fingerprint density at radius 3 is 2.42 bits per heavy atom. The summed E-state index contributed by atoms with van der Waals surface area (Å²) in [5, 5.41) is 2.76. The van der Waals surface area contributed by atoms with E-state index in [4.69, 9.17) is 9.47 Å². The molecule has 0 bridgehead atoms. The van der Waals surface area contributed by atoms with Crippen molar-refractivity contribution in [2.24, 2.45) is 0 Å². The lowest BCUT2D eigenvalue weighted by atomic mass is 10.1. The van der Waals surface area contributed by atoms with E-state index in [1.165, 1.54) is 7.11 Å². The minimum atomic E-state index is -0.791. The van der Waals surface area contributed by atoms with Crippen molar-refractivity contribution in [1.29, 1.82) is 0 Å². The highest BCUT2D eigenvalue weighted by Crippen LogP contribution is 2.24. The predicted molar refractivity (Wildman–Crippen MR) is 103 cm³/mol. The normalized spacial score (nSPS) is 11.7. The van der Waals surface area contributed by atoms with Gasteiger partial charge in [0.1, 0.15) is 11.8 Å². The summed E-state index contributed by atoms with van der Waals surface area (Å²) in [4.78, 5) is 24.9. The molecule has 2 rings (SSSR count). The topological polar surface area (TPSA) is 64.6 Å². The number of ether oxygens (including phenoxy) is 2. The van der Waals surface area contributed by atoms with Crippen LogP contribution in [-0.4, -0.2) is 31.1 Å². The number of rotatable bonds is 7. The molecule has 1 unspecified atom stereocenters. The fourth-order valence-corrected chi connectivity index (χ4v) is 2.82. The maximum Gasteiger partial charge on any atom is 0.328 e. The summed E-state index contributed by atoms with van der Waals surface area (Å²) in [5.41, 5.74) is 1.28. The van der Waals surface area contributed by atoms with Crippen molar-refractivity contribution in [2.75, 3.05) is 7.11 Å². The molecule has 0 saturated carbocycles. The van der Waals surface area contributed by atoms with Crippen LogP contribution in [0.1, 0.15) is 29.8 Å². The van der Waals surface area contributed by atoms with Crippen molar-refractivity contribution < 1.29 is 19.1 Å². The van der Waals surface area contributed by atoms with E-state index in [1.54, 1.807) is 18.2 Å². The lowest BCUT2D eigenvalue weighted by molar-refractivity contribution is -0.142. The minimum Gasteiger partial charge on any atom is -0.490 e. The Balaban J connectivity index is 2.24. The van der Waals surface area contributed by atoms with Gasteiger partial charge in [-0.15, -0.1) is 0 Å². The van der Waals surface area contributed by atoms with E-state index in [0.29, 0.717) is 17.7 Å². The first-order valence-corrected chi connectivity index (χ1v) is 9.08. The third kappa shape index (κ3) is 5.59. The molecule has 138 valence electrons. The lowest BCUT2D eigenvalue weighted by Crippen LogP contribution is -2.43. The smallest absolute Gasteiger partial charge is 0.328 e. The van der Waals surface area contributed by atoms with Gasteiger partial charge in [0.05, 0.1) is 18.8 Å². The molecule has 0 aliphatic heterocycles. The van der Waals surface area contributed by atoms with Gasteiger partial charge in [0.15, 0.2) is 0 Å². The first-order valence-electron chi connectivity index (χ1n) is 8.29. The molecule has 0 heterocycles. The van der Waals surface area contributed by atoms with Crippen molar-refractivity contribution in [1.82, 2.24) is 5.32 Å². The van der Waals surface area contributed by atoms with Crippen LogP contribution >= 0.6 is 15.9 Å². The fourth-order valence-electron chi connectivity index (χ4n) is 2.46. The zero-order valence-corrected chi connectivity index (χ0v) is 16.6. The van der Waals surface area contributed by atoms with E-state index in [2.05, 4.69) is 21.2 Å². The first-order chi connectivity index (χ1) is 12.4. The van der Waals surface area contributed by atoms with Gasteiger partial charge in [0.2, 0.25) is 0 Å². The second-order valence-corrected chi connectivity index (χ2v) is 6.96. The Labute approximate surface area is 161 Å². The van der Waals surface area contributed by atoms with Gasteiger partial charge in [0, 0.05) is 10.9 Å². The summed E-state index contributed by atoms with van der Waals surface area (Å²) < 4.78 is 11.3. The predicted octanol–water partition coefficient (Wildman–Crippen LogP) is 3.75. The molecule has 0 aliphatic rings. The quantitative estimate of drug-likeness (QED) is 0.693. The first kappa shape index (κ1) is 20.0. The Hall–Kier alpha value is -2.34. The fraction of sp³-hybridized carbons (Fsp3) is 0.300. The highest BCUT2D eigenvalue weighted by atomic mass is 79.9. The van der Waals surface area contributed by atoms with Gasteiger partial charge in [-0.1, -0.05) is 46.3 Å². The molecular weight excluding hydrogens is 398 g/mol. The summed E-state index contributed by atoms with van der Waals surface area (Å²) >= 11 is 3.37. The maximum absolute atomic E-state index is 12.8. The second-order valence-electron chi connectivity index (χ2n) is 6.05. The van der Waals surface area contributed by atoms with E-state index in [9.17, 15) is 9.59 Å². The highest BCUT2D eigenvalue weighted by molar-refractivity contribution is 9.10. The maximum atomic E-state index is 12.8. The number of halogens is 1. The van der Waals surface area contributed by atoms with Crippen LogP contribution in [0.25, 0.3) is 0 Å². The molecule has 26 heavy (non-hydrogen) atoms. The molecule has 0 fully saturated rings. The molecule has 2 aromatic rings. The Kier molecular flexibility index (Phi) is 7.21. The minimum absolute atomic E-state index is 0.0801. The number of hydrogen-bond acceptors (Lipinski definition) is 4. The monoisotopic (exact) mass is 419 g/mol. The van der Waals surface area contributed by atoms with Gasteiger partial charge in [-0.05, 0) is 37.6 Å². The van der Waals surface area contributed by atoms with E-state index in [0.717, 1.165) is 10.0 Å². The van der Waals surface area contributed by atoms with Gasteiger partial charge < -0.3 is 14.8 Å². The Morgan fingerprint density at radius 2 is 1.81 bits per heavy atom. The average Bonchev–Trinajstić information content (AvgIpc) is 2.62. The van der Waals surface area contributed by atoms with E-state index >= 15 is 0 Å². The van der Waals surface area contributed by atoms with Crippen LogP contribution in [0.2, 0.25) is 0 Å². The van der Waals surface area contributed by atoms with Gasteiger partial charge in [-0.2, -0.15) is 0 Å². The molecule has 1 amide bonds. The summed E-state index contributed by atoms with van der Waals surface area (Å²) in [6.07, 6.45) is 0.261. The zero-order chi connectivity index (χ0) is 19.1. The summed E-state index contributed by atoms with van der Waals surface area (Å²) in [6.45, 7) is 3.77. The van der Waals surface area contributed by atoms with Crippen molar-refractivity contribution in [3.05, 3.63) is 64.1 Å². The summed E-state index contributed by atoms with van der Waals surface area (Å²) in [7, 11) is 1.30. The molecular formula is C20H22BrNO4. The molecule has 5 nitrogen and oxygen atoms in total.